The molecule has 0 N–H and O–H groups in total. The first-order valence-corrected chi connectivity index (χ1v) is 20.0. The lowest BCUT2D eigenvalue weighted by Crippen LogP contribution is -2.03. The van der Waals surface area contributed by atoms with Crippen molar-refractivity contribution < 1.29 is 4.42 Å². The molecule has 4 aromatic heterocycles. The lowest BCUT2D eigenvalue weighted by Gasteiger charge is -2.13. The van der Waals surface area contributed by atoms with E-state index in [9.17, 15) is 0 Å². The molecule has 5 heteroatoms. The number of hydrogen-bond donors (Lipinski definition) is 0. The molecule has 9 aromatic carbocycles. The molecule has 0 bridgehead atoms. The zero-order valence-corrected chi connectivity index (χ0v) is 31.7. The van der Waals surface area contributed by atoms with Gasteiger partial charge >= 0.3 is 0 Å². The summed E-state index contributed by atoms with van der Waals surface area (Å²) in [5.41, 5.74) is 12.2. The maximum Gasteiger partial charge on any atom is 0.235 e. The third-order valence-electron chi connectivity index (χ3n) is 12.1. The second-order valence-corrected chi connectivity index (χ2v) is 15.3. The highest BCUT2D eigenvalue weighted by molar-refractivity contribution is 6.29. The van der Waals surface area contributed by atoms with Gasteiger partial charge in [-0.3, -0.25) is 4.57 Å². The summed E-state index contributed by atoms with van der Waals surface area (Å²) in [5.74, 6) is 0.625. The molecule has 274 valence electrons. The van der Waals surface area contributed by atoms with Gasteiger partial charge in [-0.25, -0.2) is 9.97 Å². The molecule has 0 fully saturated rings. The standard InChI is InChI=1S/C54H32N4O/c1-3-15-33(16-4-1)41-30-36(31-43-42-29-34-17-7-8-18-35(34)32-49(42)59-53(41)43)52-38-21-9-12-24-44(38)55-54(56-52)58-46-26-14-11-23-40(46)51-48(58)28-27-47-50(51)39-22-10-13-25-45(39)57(47)37-19-5-2-6-20-37/h1-32H. The van der Waals surface area contributed by atoms with E-state index in [2.05, 4.69) is 203 Å². The fraction of sp³-hybridized carbons (Fsp3) is 0. The van der Waals surface area contributed by atoms with E-state index >= 15 is 0 Å². The van der Waals surface area contributed by atoms with E-state index in [1.807, 2.05) is 0 Å². The Morgan fingerprint density at radius 3 is 1.73 bits per heavy atom. The van der Waals surface area contributed by atoms with Gasteiger partial charge in [0, 0.05) is 54.5 Å². The Labute approximate surface area is 337 Å². The monoisotopic (exact) mass is 752 g/mol. The van der Waals surface area contributed by atoms with Gasteiger partial charge in [0.2, 0.25) is 5.95 Å². The number of fused-ring (bicyclic) bond motifs is 12. The van der Waals surface area contributed by atoms with Crippen LogP contribution in [-0.2, 0) is 0 Å². The van der Waals surface area contributed by atoms with Crippen LogP contribution >= 0.6 is 0 Å². The summed E-state index contributed by atoms with van der Waals surface area (Å²) in [5, 5.41) is 10.2. The van der Waals surface area contributed by atoms with Crippen LogP contribution in [0.2, 0.25) is 0 Å². The highest BCUT2D eigenvalue weighted by Gasteiger charge is 2.23. The molecule has 0 unspecified atom stereocenters. The number of para-hydroxylation sites is 4. The first-order valence-electron chi connectivity index (χ1n) is 20.0. The van der Waals surface area contributed by atoms with Crippen LogP contribution in [0.25, 0.3) is 121 Å². The zero-order chi connectivity index (χ0) is 38.6. The molecule has 13 rings (SSSR count). The molecule has 0 aliphatic heterocycles. The molecular weight excluding hydrogens is 721 g/mol. The summed E-state index contributed by atoms with van der Waals surface area (Å²) in [6.07, 6.45) is 0. The van der Waals surface area contributed by atoms with Gasteiger partial charge in [0.05, 0.1) is 33.3 Å². The summed E-state index contributed by atoms with van der Waals surface area (Å²) in [6.45, 7) is 0. The van der Waals surface area contributed by atoms with Crippen molar-refractivity contribution in [2.24, 2.45) is 0 Å². The van der Waals surface area contributed by atoms with Gasteiger partial charge in [0.1, 0.15) is 11.2 Å². The van der Waals surface area contributed by atoms with Crippen molar-refractivity contribution >= 4 is 87.2 Å². The molecule has 0 aliphatic carbocycles. The number of hydrogen-bond acceptors (Lipinski definition) is 3. The van der Waals surface area contributed by atoms with Crippen LogP contribution in [0.1, 0.15) is 0 Å². The Morgan fingerprint density at radius 1 is 0.390 bits per heavy atom. The minimum Gasteiger partial charge on any atom is -0.455 e. The van der Waals surface area contributed by atoms with Gasteiger partial charge in [-0.2, -0.15) is 0 Å². The van der Waals surface area contributed by atoms with Crippen molar-refractivity contribution in [2.75, 3.05) is 0 Å². The summed E-state index contributed by atoms with van der Waals surface area (Å²) >= 11 is 0. The Balaban J connectivity index is 1.12. The van der Waals surface area contributed by atoms with Crippen LogP contribution in [0.4, 0.5) is 0 Å². The number of benzene rings is 9. The summed E-state index contributed by atoms with van der Waals surface area (Å²) in [6, 6.07) is 68.8. The van der Waals surface area contributed by atoms with Crippen molar-refractivity contribution in [2.45, 2.75) is 0 Å². The van der Waals surface area contributed by atoms with Gasteiger partial charge in [0.15, 0.2) is 0 Å². The van der Waals surface area contributed by atoms with Gasteiger partial charge in [-0.1, -0.05) is 127 Å². The van der Waals surface area contributed by atoms with E-state index in [0.29, 0.717) is 5.95 Å². The van der Waals surface area contributed by atoms with Crippen molar-refractivity contribution in [3.63, 3.8) is 0 Å². The number of furan rings is 1. The maximum absolute atomic E-state index is 6.76. The summed E-state index contributed by atoms with van der Waals surface area (Å²) in [4.78, 5) is 10.9. The van der Waals surface area contributed by atoms with Crippen LogP contribution in [0.15, 0.2) is 199 Å². The fourth-order valence-corrected chi connectivity index (χ4v) is 9.51. The second-order valence-electron chi connectivity index (χ2n) is 15.3. The minimum absolute atomic E-state index is 0.625. The molecule has 5 nitrogen and oxygen atoms in total. The summed E-state index contributed by atoms with van der Waals surface area (Å²) in [7, 11) is 0. The van der Waals surface area contributed by atoms with Crippen LogP contribution in [0.3, 0.4) is 0 Å². The first-order chi connectivity index (χ1) is 29.3. The lowest BCUT2D eigenvalue weighted by molar-refractivity contribution is 0.670. The maximum atomic E-state index is 6.76. The van der Waals surface area contributed by atoms with Gasteiger partial charge in [-0.05, 0) is 83.1 Å². The zero-order valence-electron chi connectivity index (χ0n) is 31.7. The molecule has 0 saturated heterocycles. The third kappa shape index (κ3) is 4.67. The van der Waals surface area contributed by atoms with E-state index in [-0.39, 0.29) is 0 Å². The molecule has 0 radical (unpaired) electrons. The van der Waals surface area contributed by atoms with Crippen molar-refractivity contribution in [1.29, 1.82) is 0 Å². The second kappa shape index (κ2) is 12.2. The predicted molar refractivity (Wildman–Crippen MR) is 244 cm³/mol. The van der Waals surface area contributed by atoms with Crippen LogP contribution in [0.5, 0.6) is 0 Å². The van der Waals surface area contributed by atoms with Crippen molar-refractivity contribution in [3.05, 3.63) is 194 Å². The van der Waals surface area contributed by atoms with Crippen LogP contribution in [0, 0.1) is 0 Å². The largest absolute Gasteiger partial charge is 0.455 e. The lowest BCUT2D eigenvalue weighted by atomic mass is 9.96. The van der Waals surface area contributed by atoms with E-state index in [0.717, 1.165) is 88.2 Å². The van der Waals surface area contributed by atoms with E-state index in [4.69, 9.17) is 14.4 Å². The number of nitrogens with zero attached hydrogens (tertiary/aromatic N) is 4. The molecule has 4 heterocycles. The molecule has 59 heavy (non-hydrogen) atoms. The highest BCUT2D eigenvalue weighted by Crippen LogP contribution is 2.44. The van der Waals surface area contributed by atoms with E-state index in [1.165, 1.54) is 27.1 Å². The van der Waals surface area contributed by atoms with E-state index < -0.39 is 0 Å². The van der Waals surface area contributed by atoms with Crippen molar-refractivity contribution in [3.8, 4) is 34.0 Å². The highest BCUT2D eigenvalue weighted by atomic mass is 16.3. The molecule has 0 amide bonds. The molecular formula is C54H32N4O. The average molecular weight is 753 g/mol. The normalized spacial score (nSPS) is 12.1. The SMILES string of the molecule is c1ccc(-c2cc(-c3nc(-n4c5ccccc5c5c6c7ccccc7n(-c7ccccc7)c6ccc54)nc4ccccc34)cc3c2oc2cc4ccccc4cc23)cc1. The molecule has 13 aromatic rings. The quantitative estimate of drug-likeness (QED) is 0.180. The number of aromatic nitrogens is 4. The smallest absolute Gasteiger partial charge is 0.235 e. The molecule has 0 spiro atoms. The van der Waals surface area contributed by atoms with Gasteiger partial charge in [0.25, 0.3) is 0 Å². The Morgan fingerprint density at radius 2 is 0.983 bits per heavy atom. The predicted octanol–water partition coefficient (Wildman–Crippen LogP) is 14.2. The van der Waals surface area contributed by atoms with Crippen LogP contribution in [-0.4, -0.2) is 19.1 Å². The Bertz CT molecular complexity index is 3840. The topological polar surface area (TPSA) is 48.8 Å². The average Bonchev–Trinajstić information content (AvgIpc) is 3.95. The Kier molecular flexibility index (Phi) is 6.66. The Hall–Kier alpha value is -8.02. The summed E-state index contributed by atoms with van der Waals surface area (Å²) < 4.78 is 11.4. The third-order valence-corrected chi connectivity index (χ3v) is 12.1. The minimum atomic E-state index is 0.625. The molecule has 0 atom stereocenters. The van der Waals surface area contributed by atoms with Gasteiger partial charge in [-0.15, -0.1) is 0 Å². The van der Waals surface area contributed by atoms with Crippen LogP contribution < -0.4 is 0 Å². The van der Waals surface area contributed by atoms with E-state index in [1.54, 1.807) is 0 Å². The molecule has 0 saturated carbocycles. The first kappa shape index (κ1) is 32.1. The number of rotatable bonds is 4. The molecule has 0 aliphatic rings. The van der Waals surface area contributed by atoms with Gasteiger partial charge < -0.3 is 8.98 Å². The van der Waals surface area contributed by atoms with Crippen molar-refractivity contribution in [1.82, 2.24) is 19.1 Å². The fourth-order valence-electron chi connectivity index (χ4n) is 9.51.